The van der Waals surface area contributed by atoms with Gasteiger partial charge in [-0.3, -0.25) is 4.79 Å². The molecule has 2 aromatic carbocycles. The van der Waals surface area contributed by atoms with Gasteiger partial charge < -0.3 is 14.4 Å². The largest absolute Gasteiger partial charge is 0.469 e. The fourth-order valence-corrected chi connectivity index (χ4v) is 7.51. The van der Waals surface area contributed by atoms with Crippen LogP contribution in [0.3, 0.4) is 0 Å². The number of esters is 1. The predicted molar refractivity (Wildman–Crippen MR) is 152 cm³/mol. The van der Waals surface area contributed by atoms with Crippen molar-refractivity contribution in [2.45, 2.75) is 69.1 Å². The molecule has 1 saturated heterocycles. The number of carbonyl (C=O) groups excluding carboxylic acids is 1. The molecule has 3 atom stereocenters. The summed E-state index contributed by atoms with van der Waals surface area (Å²) in [5.41, 5.74) is 5.69. The maximum absolute atomic E-state index is 11.7. The Hall–Kier alpha value is -2.54. The van der Waals surface area contributed by atoms with E-state index in [4.69, 9.17) is 37.8 Å². The molecule has 2 heterocycles. The molecule has 7 rings (SSSR count). The summed E-state index contributed by atoms with van der Waals surface area (Å²) < 4.78 is 13.4. The maximum Gasteiger partial charge on any atom is 0.308 e. The molecule has 2 bridgehead atoms. The lowest BCUT2D eigenvalue weighted by Gasteiger charge is -2.35. The van der Waals surface area contributed by atoms with Gasteiger partial charge in [0, 0.05) is 24.2 Å². The number of hydrogen-bond donors (Lipinski definition) is 0. The van der Waals surface area contributed by atoms with E-state index in [1.807, 2.05) is 29.1 Å². The van der Waals surface area contributed by atoms with Gasteiger partial charge in [-0.05, 0) is 85.8 Å². The van der Waals surface area contributed by atoms with E-state index in [-0.39, 0.29) is 18.0 Å². The number of rotatable bonds is 8. The quantitative estimate of drug-likeness (QED) is 0.278. The van der Waals surface area contributed by atoms with E-state index in [1.54, 1.807) is 0 Å². The number of halogens is 2. The summed E-state index contributed by atoms with van der Waals surface area (Å²) in [5.74, 6) is 1.53. The van der Waals surface area contributed by atoms with Gasteiger partial charge in [-0.2, -0.15) is 5.10 Å². The standard InChI is InChI=1S/C31H33Cl2N3O3/c1-38-31(37)21-11-20(12-21)18-7-9-23(10-8-18)35-16-22-13-24(35)14-29(22)39-17-28-25(19-5-6-19)15-34-36(28)30-26(32)3-2-4-27(30)33/h2-4,7-10,15,19-22,24,29H,5-6,11-14,16-17H2,1H3. The van der Waals surface area contributed by atoms with E-state index in [1.165, 1.54) is 43.2 Å². The molecular weight excluding hydrogens is 533 g/mol. The number of fused-ring (bicyclic) bond motifs is 2. The molecule has 1 aromatic heterocycles. The van der Waals surface area contributed by atoms with Crippen molar-refractivity contribution in [1.29, 1.82) is 0 Å². The summed E-state index contributed by atoms with van der Waals surface area (Å²) in [6.45, 7) is 1.54. The molecule has 3 aromatic rings. The van der Waals surface area contributed by atoms with Crippen LogP contribution in [0.1, 0.15) is 67.2 Å². The minimum Gasteiger partial charge on any atom is -0.469 e. The first-order chi connectivity index (χ1) is 19.0. The SMILES string of the molecule is COC(=O)C1CC(c2ccc(N3CC4CC3CC4OCc3c(C4CC4)cnn3-c3c(Cl)cccc3Cl)cc2)C1. The van der Waals surface area contributed by atoms with E-state index >= 15 is 0 Å². The van der Waals surface area contributed by atoms with Crippen molar-refractivity contribution in [3.63, 3.8) is 0 Å². The number of methoxy groups -OCH3 is 1. The Labute approximate surface area is 239 Å². The number of benzene rings is 2. The third-order valence-corrected chi connectivity index (χ3v) is 9.96. The Bertz CT molecular complexity index is 1360. The van der Waals surface area contributed by atoms with Crippen LogP contribution in [-0.2, 0) is 20.9 Å². The van der Waals surface area contributed by atoms with Gasteiger partial charge in [0.2, 0.25) is 0 Å². The Morgan fingerprint density at radius 2 is 1.74 bits per heavy atom. The highest BCUT2D eigenvalue weighted by Crippen LogP contribution is 2.46. The predicted octanol–water partition coefficient (Wildman–Crippen LogP) is 6.91. The smallest absolute Gasteiger partial charge is 0.308 e. The minimum absolute atomic E-state index is 0.0617. The van der Waals surface area contributed by atoms with E-state index in [9.17, 15) is 4.79 Å². The second-order valence-corrected chi connectivity index (χ2v) is 12.5. The second-order valence-electron chi connectivity index (χ2n) is 11.7. The average Bonchev–Trinajstić information content (AvgIpc) is 3.36. The zero-order valence-electron chi connectivity index (χ0n) is 22.1. The molecule has 4 aliphatic rings. The highest BCUT2D eigenvalue weighted by Gasteiger charge is 2.46. The Morgan fingerprint density at radius 1 is 1.00 bits per heavy atom. The summed E-state index contributed by atoms with van der Waals surface area (Å²) in [6.07, 6.45) is 8.60. The first kappa shape index (κ1) is 25.4. The normalized spacial score (nSPS) is 27.6. The number of carbonyl (C=O) groups is 1. The van der Waals surface area contributed by atoms with Crippen molar-refractivity contribution < 1.29 is 14.3 Å². The number of anilines is 1. The fraction of sp³-hybridized carbons (Fsp3) is 0.484. The lowest BCUT2D eigenvalue weighted by Crippen LogP contribution is -2.38. The average molecular weight is 567 g/mol. The Kier molecular flexibility index (Phi) is 6.61. The highest BCUT2D eigenvalue weighted by atomic mass is 35.5. The summed E-state index contributed by atoms with van der Waals surface area (Å²) >= 11 is 13.1. The van der Waals surface area contributed by atoms with Crippen molar-refractivity contribution in [1.82, 2.24) is 9.78 Å². The van der Waals surface area contributed by atoms with E-state index in [0.717, 1.165) is 37.2 Å². The number of nitrogens with zero attached hydrogens (tertiary/aromatic N) is 3. The number of aromatic nitrogens is 2. The summed E-state index contributed by atoms with van der Waals surface area (Å²) in [6, 6.07) is 15.1. The summed E-state index contributed by atoms with van der Waals surface area (Å²) in [5, 5.41) is 5.89. The van der Waals surface area contributed by atoms with Gasteiger partial charge >= 0.3 is 5.97 Å². The Morgan fingerprint density at radius 3 is 2.38 bits per heavy atom. The lowest BCUT2D eigenvalue weighted by molar-refractivity contribution is -0.148. The first-order valence-corrected chi connectivity index (χ1v) is 14.8. The third-order valence-electron chi connectivity index (χ3n) is 9.35. The van der Waals surface area contributed by atoms with Crippen LogP contribution < -0.4 is 4.90 Å². The number of ether oxygens (including phenoxy) is 2. The zero-order valence-corrected chi connectivity index (χ0v) is 23.6. The molecule has 39 heavy (non-hydrogen) atoms. The van der Waals surface area contributed by atoms with Gasteiger partial charge in [0.05, 0.1) is 47.7 Å². The molecule has 0 amide bonds. The van der Waals surface area contributed by atoms with Crippen LogP contribution >= 0.6 is 23.2 Å². The van der Waals surface area contributed by atoms with Crippen LogP contribution in [-0.4, -0.2) is 41.6 Å². The molecule has 0 spiro atoms. The molecule has 0 N–H and O–H groups in total. The van der Waals surface area contributed by atoms with Crippen molar-refractivity contribution in [3.8, 4) is 5.69 Å². The number of piperidine rings is 1. The molecule has 4 fully saturated rings. The minimum atomic E-state index is -0.0754. The molecule has 3 saturated carbocycles. The van der Waals surface area contributed by atoms with Crippen LogP contribution in [0.25, 0.3) is 5.69 Å². The number of hydrogen-bond acceptors (Lipinski definition) is 5. The topological polar surface area (TPSA) is 56.6 Å². The van der Waals surface area contributed by atoms with Gasteiger partial charge in [-0.15, -0.1) is 0 Å². The van der Waals surface area contributed by atoms with Crippen LogP contribution in [0.2, 0.25) is 10.0 Å². The Balaban J connectivity index is 0.999. The zero-order chi connectivity index (χ0) is 26.7. The third kappa shape index (κ3) is 4.64. The van der Waals surface area contributed by atoms with Gasteiger partial charge in [0.1, 0.15) is 5.69 Å². The van der Waals surface area contributed by atoms with E-state index < -0.39 is 0 Å². The van der Waals surface area contributed by atoms with E-state index in [2.05, 4.69) is 29.2 Å². The molecular formula is C31H33Cl2N3O3. The summed E-state index contributed by atoms with van der Waals surface area (Å²) in [4.78, 5) is 14.3. The van der Waals surface area contributed by atoms with Gasteiger partial charge in [0.15, 0.2) is 0 Å². The molecule has 1 aliphatic heterocycles. The van der Waals surface area contributed by atoms with Crippen molar-refractivity contribution in [2.75, 3.05) is 18.6 Å². The van der Waals surface area contributed by atoms with Crippen LogP contribution in [0.5, 0.6) is 0 Å². The molecule has 6 nitrogen and oxygen atoms in total. The van der Waals surface area contributed by atoms with Crippen molar-refractivity contribution in [3.05, 3.63) is 75.5 Å². The highest BCUT2D eigenvalue weighted by molar-refractivity contribution is 6.37. The van der Waals surface area contributed by atoms with Crippen LogP contribution in [0, 0.1) is 11.8 Å². The maximum atomic E-state index is 11.7. The van der Waals surface area contributed by atoms with Crippen LogP contribution in [0.15, 0.2) is 48.7 Å². The molecule has 0 radical (unpaired) electrons. The van der Waals surface area contributed by atoms with Gasteiger partial charge in [-0.1, -0.05) is 41.4 Å². The molecule has 3 aliphatic carbocycles. The second kappa shape index (κ2) is 10.1. The number of para-hydroxylation sites is 1. The van der Waals surface area contributed by atoms with Gasteiger partial charge in [0.25, 0.3) is 0 Å². The molecule has 8 heteroatoms. The lowest BCUT2D eigenvalue weighted by atomic mass is 9.71. The van der Waals surface area contributed by atoms with Crippen LogP contribution in [0.4, 0.5) is 5.69 Å². The molecule has 204 valence electrons. The first-order valence-electron chi connectivity index (χ1n) is 14.1. The fourth-order valence-electron chi connectivity index (χ4n) is 6.95. The van der Waals surface area contributed by atoms with Gasteiger partial charge in [-0.25, -0.2) is 4.68 Å². The van der Waals surface area contributed by atoms with Crippen molar-refractivity contribution >= 4 is 34.9 Å². The van der Waals surface area contributed by atoms with E-state index in [0.29, 0.717) is 40.4 Å². The van der Waals surface area contributed by atoms with Crippen molar-refractivity contribution in [2.24, 2.45) is 11.8 Å². The molecule has 3 unspecified atom stereocenters. The monoisotopic (exact) mass is 565 g/mol. The summed E-state index contributed by atoms with van der Waals surface area (Å²) in [7, 11) is 1.47.